The van der Waals surface area contributed by atoms with Crippen molar-refractivity contribution < 1.29 is 13.2 Å². The second-order valence-electron chi connectivity index (χ2n) is 6.67. The first kappa shape index (κ1) is 20.5. The Balaban J connectivity index is 2.41. The summed E-state index contributed by atoms with van der Waals surface area (Å²) in [6.45, 7) is 9.69. The average Bonchev–Trinajstić information content (AvgIpc) is 3.04. The summed E-state index contributed by atoms with van der Waals surface area (Å²) in [6.07, 6.45) is 0.365. The maximum Gasteiger partial charge on any atom is 0.243 e. The molecule has 1 saturated carbocycles. The predicted octanol–water partition coefficient (Wildman–Crippen LogP) is 3.86. The Hall–Kier alpha value is -0.820. The number of alkyl halides is 2. The Morgan fingerprint density at radius 3 is 2.20 bits per heavy atom. The highest BCUT2D eigenvalue weighted by molar-refractivity contribution is 7.89. The minimum atomic E-state index is -3.61. The number of rotatable bonds is 6. The zero-order chi connectivity index (χ0) is 19.2. The predicted molar refractivity (Wildman–Crippen MR) is 102 cm³/mol. The molecule has 2 rings (SSSR count). The van der Waals surface area contributed by atoms with Crippen molar-refractivity contribution in [2.45, 2.75) is 50.3 Å². The van der Waals surface area contributed by atoms with E-state index >= 15 is 0 Å². The van der Waals surface area contributed by atoms with Crippen molar-refractivity contribution in [3.63, 3.8) is 0 Å². The van der Waals surface area contributed by atoms with E-state index in [9.17, 15) is 13.2 Å². The van der Waals surface area contributed by atoms with Crippen LogP contribution in [0.4, 0.5) is 5.69 Å². The van der Waals surface area contributed by atoms with Gasteiger partial charge in [-0.05, 0) is 50.5 Å². The van der Waals surface area contributed by atoms with E-state index in [1.807, 2.05) is 13.8 Å². The van der Waals surface area contributed by atoms with E-state index in [1.165, 1.54) is 10.4 Å². The molecule has 1 aliphatic carbocycles. The third-order valence-electron chi connectivity index (χ3n) is 4.99. The number of hydrogen-bond donors (Lipinski definition) is 1. The van der Waals surface area contributed by atoms with Gasteiger partial charge in [-0.15, -0.1) is 23.2 Å². The highest BCUT2D eigenvalue weighted by Crippen LogP contribution is 2.64. The fraction of sp³-hybridized carbons (Fsp3) is 0.588. The summed E-state index contributed by atoms with van der Waals surface area (Å²) in [5.41, 5.74) is 1.19. The lowest BCUT2D eigenvalue weighted by Crippen LogP contribution is -2.31. The summed E-state index contributed by atoms with van der Waals surface area (Å²) in [5, 5.41) is 2.81. The highest BCUT2D eigenvalue weighted by atomic mass is 35.5. The third kappa shape index (κ3) is 3.54. The monoisotopic (exact) mass is 406 g/mol. The molecule has 0 bridgehead atoms. The molecular weight excluding hydrogens is 383 g/mol. The van der Waals surface area contributed by atoms with E-state index in [0.29, 0.717) is 25.2 Å². The van der Waals surface area contributed by atoms with Gasteiger partial charge in [-0.2, -0.15) is 4.31 Å². The molecule has 8 heteroatoms. The van der Waals surface area contributed by atoms with Gasteiger partial charge in [0.1, 0.15) is 4.33 Å². The minimum absolute atomic E-state index is 0.165. The van der Waals surface area contributed by atoms with Crippen LogP contribution in [0.1, 0.15) is 38.3 Å². The van der Waals surface area contributed by atoms with Crippen molar-refractivity contribution in [3.8, 4) is 0 Å². The van der Waals surface area contributed by atoms with Crippen LogP contribution >= 0.6 is 23.2 Å². The second-order valence-corrected chi connectivity index (χ2v) is 10.1. The average molecular weight is 407 g/mol. The van der Waals surface area contributed by atoms with E-state index in [0.717, 1.165) is 11.1 Å². The molecule has 1 aliphatic rings. The van der Waals surface area contributed by atoms with Gasteiger partial charge in [-0.25, -0.2) is 8.42 Å². The maximum absolute atomic E-state index is 12.8. The van der Waals surface area contributed by atoms with Gasteiger partial charge in [0, 0.05) is 18.8 Å². The van der Waals surface area contributed by atoms with Crippen LogP contribution in [0.5, 0.6) is 0 Å². The third-order valence-corrected chi connectivity index (χ3v) is 8.12. The molecule has 25 heavy (non-hydrogen) atoms. The molecular formula is C17H24Cl2N2O3S. The number of hydrogen-bond acceptors (Lipinski definition) is 3. The molecule has 1 amide bonds. The number of carbonyl (C=O) groups excluding carboxylic acids is 1. The normalized spacial score (nSPS) is 22.1. The van der Waals surface area contributed by atoms with Gasteiger partial charge in [0.2, 0.25) is 15.9 Å². The van der Waals surface area contributed by atoms with Crippen LogP contribution in [0.15, 0.2) is 17.0 Å². The molecule has 0 saturated heterocycles. The van der Waals surface area contributed by atoms with Gasteiger partial charge < -0.3 is 5.32 Å². The number of benzene rings is 1. The number of sulfonamides is 1. The summed E-state index contributed by atoms with van der Waals surface area (Å²) in [5.74, 6) is -0.308. The molecule has 0 radical (unpaired) electrons. The van der Waals surface area contributed by atoms with Gasteiger partial charge >= 0.3 is 0 Å². The molecule has 1 atom stereocenters. The lowest BCUT2D eigenvalue weighted by atomic mass is 10.1. The zero-order valence-corrected chi connectivity index (χ0v) is 17.4. The fourth-order valence-corrected chi connectivity index (χ4v) is 5.00. The van der Waals surface area contributed by atoms with Gasteiger partial charge in [0.05, 0.1) is 10.3 Å². The summed E-state index contributed by atoms with van der Waals surface area (Å²) in [4.78, 5) is 12.7. The van der Waals surface area contributed by atoms with Crippen molar-refractivity contribution in [1.29, 1.82) is 0 Å². The zero-order valence-electron chi connectivity index (χ0n) is 15.1. The summed E-state index contributed by atoms with van der Waals surface area (Å²) < 4.78 is 25.9. The first-order valence-electron chi connectivity index (χ1n) is 8.21. The van der Waals surface area contributed by atoms with E-state index in [4.69, 9.17) is 23.2 Å². The summed E-state index contributed by atoms with van der Waals surface area (Å²) >= 11 is 12.1. The Labute approximate surface area is 159 Å². The Bertz CT molecular complexity index is 804. The first-order valence-corrected chi connectivity index (χ1v) is 10.4. The molecule has 1 unspecified atom stereocenters. The summed E-state index contributed by atoms with van der Waals surface area (Å²) in [7, 11) is -3.61. The first-order chi connectivity index (χ1) is 11.4. The van der Waals surface area contributed by atoms with Crippen LogP contribution in [-0.2, 0) is 14.8 Å². The van der Waals surface area contributed by atoms with Gasteiger partial charge in [0.25, 0.3) is 0 Å². The highest BCUT2D eigenvalue weighted by Gasteiger charge is 2.67. The smallest absolute Gasteiger partial charge is 0.243 e. The summed E-state index contributed by atoms with van der Waals surface area (Å²) in [6, 6.07) is 3.13. The second kappa shape index (κ2) is 6.72. The quantitative estimate of drug-likeness (QED) is 0.729. The maximum atomic E-state index is 12.8. The van der Waals surface area contributed by atoms with Gasteiger partial charge in [-0.1, -0.05) is 13.8 Å². The Kier molecular flexibility index (Phi) is 5.51. The van der Waals surface area contributed by atoms with Crippen molar-refractivity contribution in [2.24, 2.45) is 5.41 Å². The number of aryl methyl sites for hydroxylation is 1. The molecule has 1 aromatic carbocycles. The van der Waals surface area contributed by atoms with Gasteiger partial charge in [0.15, 0.2) is 0 Å². The van der Waals surface area contributed by atoms with E-state index in [-0.39, 0.29) is 10.8 Å². The van der Waals surface area contributed by atoms with Crippen molar-refractivity contribution in [2.75, 3.05) is 18.4 Å². The number of carbonyl (C=O) groups is 1. The van der Waals surface area contributed by atoms with E-state index < -0.39 is 19.8 Å². The van der Waals surface area contributed by atoms with Crippen LogP contribution < -0.4 is 5.32 Å². The van der Waals surface area contributed by atoms with Gasteiger partial charge in [-0.3, -0.25) is 4.79 Å². The standard InChI is InChI=1S/C17H24Cl2N2O3S/c1-6-21(7-2)25(23,24)13-8-11(3)12(4)14(9-13)20-15(22)16(5)10-17(16,18)19/h8-9H,6-7,10H2,1-5H3,(H,20,22). The number of halogens is 2. The molecule has 0 aliphatic heterocycles. The minimum Gasteiger partial charge on any atom is -0.325 e. The lowest BCUT2D eigenvalue weighted by Gasteiger charge is -2.21. The van der Waals surface area contributed by atoms with Crippen LogP contribution in [-0.4, -0.2) is 36.1 Å². The van der Waals surface area contributed by atoms with Crippen molar-refractivity contribution >= 4 is 44.8 Å². The van der Waals surface area contributed by atoms with Crippen LogP contribution in [0, 0.1) is 19.3 Å². The molecule has 1 N–H and O–H groups in total. The molecule has 1 fully saturated rings. The Morgan fingerprint density at radius 2 is 1.76 bits per heavy atom. The number of anilines is 1. The van der Waals surface area contributed by atoms with E-state index in [2.05, 4.69) is 5.32 Å². The van der Waals surface area contributed by atoms with Crippen LogP contribution in [0.2, 0.25) is 0 Å². The van der Waals surface area contributed by atoms with Crippen LogP contribution in [0.25, 0.3) is 0 Å². The molecule has 1 aromatic rings. The SMILES string of the molecule is CCN(CC)S(=O)(=O)c1cc(C)c(C)c(NC(=O)C2(C)CC2(Cl)Cl)c1. The largest absolute Gasteiger partial charge is 0.325 e. The molecule has 5 nitrogen and oxygen atoms in total. The van der Waals surface area contributed by atoms with Crippen molar-refractivity contribution in [3.05, 3.63) is 23.3 Å². The van der Waals surface area contributed by atoms with Crippen LogP contribution in [0.3, 0.4) is 0 Å². The molecule has 0 aromatic heterocycles. The molecule has 0 spiro atoms. The number of nitrogens with zero attached hydrogens (tertiary/aromatic N) is 1. The fourth-order valence-electron chi connectivity index (χ4n) is 2.72. The van der Waals surface area contributed by atoms with E-state index in [1.54, 1.807) is 26.8 Å². The Morgan fingerprint density at radius 1 is 1.24 bits per heavy atom. The van der Waals surface area contributed by atoms with Crippen molar-refractivity contribution in [1.82, 2.24) is 4.31 Å². The topological polar surface area (TPSA) is 66.5 Å². The molecule has 140 valence electrons. The number of amides is 1. The number of nitrogens with one attached hydrogen (secondary N) is 1. The lowest BCUT2D eigenvalue weighted by molar-refractivity contribution is -0.120. The molecule has 0 heterocycles.